The second kappa shape index (κ2) is 5.52. The molecule has 0 aliphatic heterocycles. The van der Waals surface area contributed by atoms with Crippen LogP contribution in [0, 0.1) is 0 Å². The third kappa shape index (κ3) is 3.72. The lowest BCUT2D eigenvalue weighted by Gasteiger charge is -2.36. The first-order valence-electron chi connectivity index (χ1n) is 6.40. The topological polar surface area (TPSA) is 49.4 Å². The number of carbonyl (C=O) groups excluding carboxylic acids is 2. The molecule has 1 aliphatic carbocycles. The zero-order valence-electron chi connectivity index (χ0n) is 11.4. The molecular formula is C13H24N2O2. The lowest BCUT2D eigenvalue weighted by molar-refractivity contribution is -0.141. The summed E-state index contributed by atoms with van der Waals surface area (Å²) in [5.41, 5.74) is -0.808. The summed E-state index contributed by atoms with van der Waals surface area (Å²) in [7, 11) is 1.85. The SMILES string of the molecule is CC(=O)NC(C)(C)C(=O)N(C)C1CCCCC1. The lowest BCUT2D eigenvalue weighted by atomic mass is 9.93. The monoisotopic (exact) mass is 240 g/mol. The zero-order chi connectivity index (χ0) is 13.1. The molecule has 1 rings (SSSR count). The maximum absolute atomic E-state index is 12.3. The van der Waals surface area contributed by atoms with E-state index in [2.05, 4.69) is 5.32 Å². The molecule has 0 heterocycles. The first kappa shape index (κ1) is 14.0. The fourth-order valence-corrected chi connectivity index (χ4v) is 2.57. The normalized spacial score (nSPS) is 17.6. The van der Waals surface area contributed by atoms with Crippen molar-refractivity contribution in [2.75, 3.05) is 7.05 Å². The van der Waals surface area contributed by atoms with Crippen molar-refractivity contribution >= 4 is 11.8 Å². The third-order valence-corrected chi connectivity index (χ3v) is 3.47. The quantitative estimate of drug-likeness (QED) is 0.816. The Morgan fingerprint density at radius 1 is 1.18 bits per heavy atom. The van der Waals surface area contributed by atoms with E-state index in [1.807, 2.05) is 11.9 Å². The van der Waals surface area contributed by atoms with Crippen molar-refractivity contribution in [2.45, 2.75) is 64.5 Å². The Balaban J connectivity index is 2.63. The standard InChI is InChI=1S/C13H24N2O2/c1-10(16)14-13(2,3)12(17)15(4)11-8-6-5-7-9-11/h11H,5-9H2,1-4H3,(H,14,16). The number of amides is 2. The van der Waals surface area contributed by atoms with Crippen molar-refractivity contribution < 1.29 is 9.59 Å². The van der Waals surface area contributed by atoms with Crippen molar-refractivity contribution in [1.82, 2.24) is 10.2 Å². The molecule has 0 radical (unpaired) electrons. The van der Waals surface area contributed by atoms with Gasteiger partial charge in [0.15, 0.2) is 0 Å². The van der Waals surface area contributed by atoms with Crippen LogP contribution in [-0.2, 0) is 9.59 Å². The number of rotatable bonds is 3. The molecule has 0 atom stereocenters. The first-order valence-corrected chi connectivity index (χ1v) is 6.40. The molecule has 0 spiro atoms. The molecule has 1 N–H and O–H groups in total. The minimum atomic E-state index is -0.808. The molecule has 1 saturated carbocycles. The highest BCUT2D eigenvalue weighted by atomic mass is 16.2. The van der Waals surface area contributed by atoms with Crippen LogP contribution < -0.4 is 5.32 Å². The van der Waals surface area contributed by atoms with Crippen molar-refractivity contribution in [3.63, 3.8) is 0 Å². The molecular weight excluding hydrogens is 216 g/mol. The van der Waals surface area contributed by atoms with Gasteiger partial charge in [-0.3, -0.25) is 9.59 Å². The fourth-order valence-electron chi connectivity index (χ4n) is 2.57. The van der Waals surface area contributed by atoms with Crippen LogP contribution in [0.15, 0.2) is 0 Å². The molecule has 98 valence electrons. The van der Waals surface area contributed by atoms with Gasteiger partial charge in [-0.05, 0) is 26.7 Å². The Hall–Kier alpha value is -1.06. The minimum Gasteiger partial charge on any atom is -0.342 e. The van der Waals surface area contributed by atoms with Gasteiger partial charge in [-0.25, -0.2) is 0 Å². The Morgan fingerprint density at radius 2 is 1.71 bits per heavy atom. The average molecular weight is 240 g/mol. The smallest absolute Gasteiger partial charge is 0.247 e. The summed E-state index contributed by atoms with van der Waals surface area (Å²) < 4.78 is 0. The molecule has 4 nitrogen and oxygen atoms in total. The summed E-state index contributed by atoms with van der Waals surface area (Å²) in [6, 6.07) is 0.337. The molecule has 4 heteroatoms. The van der Waals surface area contributed by atoms with Crippen molar-refractivity contribution in [3.05, 3.63) is 0 Å². The van der Waals surface area contributed by atoms with E-state index >= 15 is 0 Å². The highest BCUT2D eigenvalue weighted by Gasteiger charge is 2.34. The van der Waals surface area contributed by atoms with Gasteiger partial charge in [-0.2, -0.15) is 0 Å². The van der Waals surface area contributed by atoms with E-state index in [4.69, 9.17) is 0 Å². The highest BCUT2D eigenvalue weighted by molar-refractivity contribution is 5.90. The van der Waals surface area contributed by atoms with Gasteiger partial charge in [0.2, 0.25) is 11.8 Å². The number of nitrogens with one attached hydrogen (secondary N) is 1. The Labute approximate surface area is 104 Å². The minimum absolute atomic E-state index is 0.000370. The molecule has 1 fully saturated rings. The lowest BCUT2D eigenvalue weighted by Crippen LogP contribution is -2.56. The maximum atomic E-state index is 12.3. The van der Waals surface area contributed by atoms with Crippen molar-refractivity contribution in [2.24, 2.45) is 0 Å². The van der Waals surface area contributed by atoms with E-state index in [1.165, 1.54) is 26.2 Å². The zero-order valence-corrected chi connectivity index (χ0v) is 11.4. The van der Waals surface area contributed by atoms with Crippen LogP contribution >= 0.6 is 0 Å². The summed E-state index contributed by atoms with van der Waals surface area (Å²) in [5.74, 6) is -0.167. The van der Waals surface area contributed by atoms with Crippen molar-refractivity contribution in [3.8, 4) is 0 Å². The van der Waals surface area contributed by atoms with E-state index < -0.39 is 5.54 Å². The summed E-state index contributed by atoms with van der Waals surface area (Å²) in [5, 5.41) is 2.71. The molecule has 1 aliphatic rings. The molecule has 0 aromatic rings. The van der Waals surface area contributed by atoms with E-state index in [9.17, 15) is 9.59 Å². The van der Waals surface area contributed by atoms with Gasteiger partial charge in [0, 0.05) is 20.0 Å². The average Bonchev–Trinajstić information content (AvgIpc) is 2.26. The molecule has 2 amide bonds. The van der Waals surface area contributed by atoms with Crippen molar-refractivity contribution in [1.29, 1.82) is 0 Å². The Kier molecular flexibility index (Phi) is 4.54. The van der Waals surface area contributed by atoms with E-state index in [0.29, 0.717) is 6.04 Å². The second-order valence-corrected chi connectivity index (χ2v) is 5.51. The van der Waals surface area contributed by atoms with Gasteiger partial charge in [-0.15, -0.1) is 0 Å². The van der Waals surface area contributed by atoms with Crippen LogP contribution in [0.1, 0.15) is 52.9 Å². The van der Waals surface area contributed by atoms with E-state index in [1.54, 1.807) is 13.8 Å². The second-order valence-electron chi connectivity index (χ2n) is 5.51. The summed E-state index contributed by atoms with van der Waals surface area (Å²) in [6.45, 7) is 4.96. The Bertz CT molecular complexity index is 294. The number of carbonyl (C=O) groups is 2. The van der Waals surface area contributed by atoms with Crippen LogP contribution in [0.25, 0.3) is 0 Å². The van der Waals surface area contributed by atoms with Crippen LogP contribution in [0.4, 0.5) is 0 Å². The number of likely N-dealkylation sites (N-methyl/N-ethyl adjacent to an activating group) is 1. The van der Waals surface area contributed by atoms with E-state index in [0.717, 1.165) is 12.8 Å². The van der Waals surface area contributed by atoms with Crippen LogP contribution in [-0.4, -0.2) is 35.3 Å². The Morgan fingerprint density at radius 3 is 2.18 bits per heavy atom. The predicted octanol–water partition coefficient (Wildman–Crippen LogP) is 1.69. The molecule has 0 unspecified atom stereocenters. The van der Waals surface area contributed by atoms with Gasteiger partial charge in [0.25, 0.3) is 0 Å². The number of nitrogens with zero attached hydrogens (tertiary/aromatic N) is 1. The predicted molar refractivity (Wildman–Crippen MR) is 67.5 cm³/mol. The van der Waals surface area contributed by atoms with Gasteiger partial charge >= 0.3 is 0 Å². The number of hydrogen-bond acceptors (Lipinski definition) is 2. The van der Waals surface area contributed by atoms with Gasteiger partial charge in [0.1, 0.15) is 5.54 Å². The molecule has 0 aromatic heterocycles. The van der Waals surface area contributed by atoms with Crippen LogP contribution in [0.2, 0.25) is 0 Å². The third-order valence-electron chi connectivity index (χ3n) is 3.47. The maximum Gasteiger partial charge on any atom is 0.247 e. The molecule has 0 bridgehead atoms. The molecule has 17 heavy (non-hydrogen) atoms. The van der Waals surface area contributed by atoms with Crippen LogP contribution in [0.5, 0.6) is 0 Å². The molecule has 0 aromatic carbocycles. The molecule has 0 saturated heterocycles. The first-order chi connectivity index (χ1) is 7.84. The van der Waals surface area contributed by atoms with Gasteiger partial charge in [-0.1, -0.05) is 19.3 Å². The van der Waals surface area contributed by atoms with E-state index in [-0.39, 0.29) is 11.8 Å². The van der Waals surface area contributed by atoms with Crippen LogP contribution in [0.3, 0.4) is 0 Å². The summed E-state index contributed by atoms with van der Waals surface area (Å²) >= 11 is 0. The highest BCUT2D eigenvalue weighted by Crippen LogP contribution is 2.23. The summed E-state index contributed by atoms with van der Waals surface area (Å²) in [6.07, 6.45) is 5.83. The number of hydrogen-bond donors (Lipinski definition) is 1. The van der Waals surface area contributed by atoms with Gasteiger partial charge in [0.05, 0.1) is 0 Å². The largest absolute Gasteiger partial charge is 0.342 e. The summed E-state index contributed by atoms with van der Waals surface area (Å²) in [4.78, 5) is 25.2. The van der Waals surface area contributed by atoms with Gasteiger partial charge < -0.3 is 10.2 Å². The fraction of sp³-hybridized carbons (Fsp3) is 0.846.